The lowest BCUT2D eigenvalue weighted by molar-refractivity contribution is 0.112. The van der Waals surface area contributed by atoms with E-state index in [-0.39, 0.29) is 0 Å². The van der Waals surface area contributed by atoms with Gasteiger partial charge in [0, 0.05) is 6.61 Å². The maximum Gasteiger partial charge on any atom is 0.104 e. The molecule has 2 saturated heterocycles. The zero-order chi connectivity index (χ0) is 8.23. The van der Waals surface area contributed by atoms with Crippen LogP contribution in [0, 0.1) is 0 Å². The van der Waals surface area contributed by atoms with E-state index in [0.717, 1.165) is 32.8 Å². The van der Waals surface area contributed by atoms with Crippen LogP contribution >= 0.6 is 0 Å². The van der Waals surface area contributed by atoms with Crippen LogP contribution in [0.5, 0.6) is 0 Å². The van der Waals surface area contributed by atoms with Crippen LogP contribution < -0.4 is 0 Å². The van der Waals surface area contributed by atoms with Crippen molar-refractivity contribution in [3.8, 4) is 0 Å². The highest BCUT2D eigenvalue weighted by atomic mass is 16.6. The highest BCUT2D eigenvalue weighted by Gasteiger charge is 2.22. The van der Waals surface area contributed by atoms with Crippen molar-refractivity contribution in [1.29, 1.82) is 0 Å². The second-order valence-electron chi connectivity index (χ2n) is 3.48. The van der Waals surface area contributed by atoms with Gasteiger partial charge in [-0.15, -0.1) is 0 Å². The number of ether oxygens (including phenoxy) is 3. The Labute approximate surface area is 73.0 Å². The summed E-state index contributed by atoms with van der Waals surface area (Å²) in [6.45, 7) is 3.55. The lowest BCUT2D eigenvalue weighted by atomic mass is 10.2. The van der Waals surface area contributed by atoms with Crippen molar-refractivity contribution in [3.05, 3.63) is 0 Å². The predicted molar refractivity (Wildman–Crippen MR) is 44.2 cm³/mol. The third-order valence-corrected chi connectivity index (χ3v) is 2.17. The van der Waals surface area contributed by atoms with E-state index in [0.29, 0.717) is 12.2 Å². The Bertz CT molecular complexity index is 114. The number of unbranched alkanes of at least 4 members (excludes halogenated alkanes) is 1. The van der Waals surface area contributed by atoms with Gasteiger partial charge in [0.1, 0.15) is 6.10 Å². The fourth-order valence-electron chi connectivity index (χ4n) is 1.19. The second kappa shape index (κ2) is 4.21. The fraction of sp³-hybridized carbons (Fsp3) is 1.00. The zero-order valence-electron chi connectivity index (χ0n) is 7.33. The first-order valence-corrected chi connectivity index (χ1v) is 4.76. The standard InChI is InChI=1S/C9H16O3/c1(3-8-6-11-8)2-4-10-5-9-7-12-9/h8-9H,1-7H2. The molecule has 70 valence electrons. The minimum Gasteiger partial charge on any atom is -0.379 e. The molecule has 0 spiro atoms. The first kappa shape index (κ1) is 8.48. The summed E-state index contributed by atoms with van der Waals surface area (Å²) in [5.74, 6) is 0. The molecule has 0 aromatic rings. The molecule has 0 aromatic heterocycles. The van der Waals surface area contributed by atoms with E-state index in [2.05, 4.69) is 0 Å². The van der Waals surface area contributed by atoms with Crippen LogP contribution in [0.2, 0.25) is 0 Å². The molecule has 0 radical (unpaired) electrons. The maximum absolute atomic E-state index is 5.39. The SMILES string of the molecule is C(CCC1CO1)COCC1CO1. The molecule has 2 aliphatic rings. The van der Waals surface area contributed by atoms with Crippen molar-refractivity contribution in [2.75, 3.05) is 26.4 Å². The van der Waals surface area contributed by atoms with Crippen LogP contribution in [0.15, 0.2) is 0 Å². The quantitative estimate of drug-likeness (QED) is 0.424. The Morgan fingerprint density at radius 2 is 1.83 bits per heavy atom. The Balaban J connectivity index is 1.31. The average molecular weight is 172 g/mol. The van der Waals surface area contributed by atoms with Crippen LogP contribution in [0.25, 0.3) is 0 Å². The summed E-state index contributed by atoms with van der Waals surface area (Å²) >= 11 is 0. The molecule has 0 bridgehead atoms. The summed E-state index contributed by atoms with van der Waals surface area (Å²) in [5, 5.41) is 0. The van der Waals surface area contributed by atoms with E-state index in [1.807, 2.05) is 0 Å². The van der Waals surface area contributed by atoms with Crippen molar-refractivity contribution < 1.29 is 14.2 Å². The molecule has 0 aromatic carbocycles. The maximum atomic E-state index is 5.39. The molecule has 2 unspecified atom stereocenters. The van der Waals surface area contributed by atoms with Gasteiger partial charge in [-0.25, -0.2) is 0 Å². The summed E-state index contributed by atoms with van der Waals surface area (Å²) in [7, 11) is 0. The van der Waals surface area contributed by atoms with Gasteiger partial charge in [0.15, 0.2) is 0 Å². The summed E-state index contributed by atoms with van der Waals surface area (Å²) in [5.41, 5.74) is 0. The average Bonchev–Trinajstić information content (AvgIpc) is 2.89. The first-order valence-electron chi connectivity index (χ1n) is 4.76. The minimum atomic E-state index is 0.414. The van der Waals surface area contributed by atoms with Crippen molar-refractivity contribution in [2.45, 2.75) is 31.5 Å². The van der Waals surface area contributed by atoms with Crippen LogP contribution in [-0.4, -0.2) is 38.6 Å². The van der Waals surface area contributed by atoms with Gasteiger partial charge in [-0.05, 0) is 19.3 Å². The molecule has 2 heterocycles. The van der Waals surface area contributed by atoms with E-state index >= 15 is 0 Å². The molecule has 3 heteroatoms. The van der Waals surface area contributed by atoms with Crippen molar-refractivity contribution in [1.82, 2.24) is 0 Å². The van der Waals surface area contributed by atoms with Crippen LogP contribution in [0.4, 0.5) is 0 Å². The van der Waals surface area contributed by atoms with Gasteiger partial charge < -0.3 is 14.2 Å². The smallest absolute Gasteiger partial charge is 0.104 e. The Morgan fingerprint density at radius 3 is 2.50 bits per heavy atom. The lowest BCUT2D eigenvalue weighted by Crippen LogP contribution is -2.02. The molecule has 0 N–H and O–H groups in total. The molecule has 3 nitrogen and oxygen atoms in total. The Morgan fingerprint density at radius 1 is 1.08 bits per heavy atom. The minimum absolute atomic E-state index is 0.414. The molecular formula is C9H16O3. The topological polar surface area (TPSA) is 34.3 Å². The molecule has 2 aliphatic heterocycles. The third-order valence-electron chi connectivity index (χ3n) is 2.17. The molecular weight excluding hydrogens is 156 g/mol. The molecule has 2 fully saturated rings. The summed E-state index contributed by atoms with van der Waals surface area (Å²) < 4.78 is 15.5. The molecule has 2 rings (SSSR count). The first-order chi connectivity index (χ1) is 5.95. The monoisotopic (exact) mass is 172 g/mol. The highest BCUT2D eigenvalue weighted by Crippen LogP contribution is 2.16. The van der Waals surface area contributed by atoms with E-state index in [9.17, 15) is 0 Å². The van der Waals surface area contributed by atoms with E-state index in [1.165, 1.54) is 12.8 Å². The largest absolute Gasteiger partial charge is 0.379 e. The van der Waals surface area contributed by atoms with Crippen molar-refractivity contribution in [3.63, 3.8) is 0 Å². The lowest BCUT2D eigenvalue weighted by Gasteiger charge is -2.00. The normalized spacial score (nSPS) is 32.0. The summed E-state index contributed by atoms with van der Waals surface area (Å²) in [4.78, 5) is 0. The highest BCUT2D eigenvalue weighted by molar-refractivity contribution is 4.69. The number of epoxide rings is 2. The molecule has 12 heavy (non-hydrogen) atoms. The summed E-state index contributed by atoms with van der Waals surface area (Å²) in [6.07, 6.45) is 4.60. The van der Waals surface area contributed by atoms with Crippen LogP contribution in [0.1, 0.15) is 19.3 Å². The van der Waals surface area contributed by atoms with Gasteiger partial charge in [-0.1, -0.05) is 0 Å². The Hall–Kier alpha value is -0.120. The van der Waals surface area contributed by atoms with E-state index < -0.39 is 0 Å². The molecule has 0 aliphatic carbocycles. The number of hydrogen-bond donors (Lipinski definition) is 0. The number of hydrogen-bond acceptors (Lipinski definition) is 3. The molecule has 0 amide bonds. The molecule has 2 atom stereocenters. The van der Waals surface area contributed by atoms with Gasteiger partial charge in [0.25, 0.3) is 0 Å². The second-order valence-corrected chi connectivity index (χ2v) is 3.48. The Kier molecular flexibility index (Phi) is 2.98. The van der Waals surface area contributed by atoms with Gasteiger partial charge in [0.05, 0.1) is 25.9 Å². The zero-order valence-corrected chi connectivity index (χ0v) is 7.33. The summed E-state index contributed by atoms with van der Waals surface area (Å²) in [6, 6.07) is 0. The van der Waals surface area contributed by atoms with Crippen molar-refractivity contribution >= 4 is 0 Å². The van der Waals surface area contributed by atoms with E-state index in [4.69, 9.17) is 14.2 Å². The third kappa shape index (κ3) is 3.52. The molecule has 0 saturated carbocycles. The van der Waals surface area contributed by atoms with E-state index in [1.54, 1.807) is 0 Å². The van der Waals surface area contributed by atoms with Crippen LogP contribution in [0.3, 0.4) is 0 Å². The predicted octanol–water partition coefficient (Wildman–Crippen LogP) is 0.971. The fourth-order valence-corrected chi connectivity index (χ4v) is 1.19. The van der Waals surface area contributed by atoms with Gasteiger partial charge in [-0.2, -0.15) is 0 Å². The van der Waals surface area contributed by atoms with Gasteiger partial charge in [-0.3, -0.25) is 0 Å². The van der Waals surface area contributed by atoms with Gasteiger partial charge in [0.2, 0.25) is 0 Å². The van der Waals surface area contributed by atoms with Gasteiger partial charge >= 0.3 is 0 Å². The van der Waals surface area contributed by atoms with Crippen LogP contribution in [-0.2, 0) is 14.2 Å². The van der Waals surface area contributed by atoms with Crippen molar-refractivity contribution in [2.24, 2.45) is 0 Å². The number of rotatable bonds is 7.